The minimum Gasteiger partial charge on any atom is -0.396 e. The Kier molecular flexibility index (Phi) is 3.97. The van der Waals surface area contributed by atoms with Crippen LogP contribution in [-0.4, -0.2) is 34.3 Å². The molecule has 0 amide bonds. The molecule has 0 bridgehead atoms. The van der Waals surface area contributed by atoms with Gasteiger partial charge in [0.15, 0.2) is 0 Å². The predicted octanol–water partition coefficient (Wildman–Crippen LogP) is 2.79. The fourth-order valence-corrected chi connectivity index (χ4v) is 3.79. The molecule has 2 aliphatic heterocycles. The molecule has 2 aromatic rings. The Labute approximate surface area is 135 Å². The molecular formula is C18H21N3O2. The van der Waals surface area contributed by atoms with Crippen molar-refractivity contribution in [2.24, 2.45) is 5.92 Å². The summed E-state index contributed by atoms with van der Waals surface area (Å²) in [6.07, 6.45) is 6.37. The van der Waals surface area contributed by atoms with E-state index in [-0.39, 0.29) is 12.7 Å². The van der Waals surface area contributed by atoms with Gasteiger partial charge in [0.1, 0.15) is 6.33 Å². The Morgan fingerprint density at radius 3 is 3.09 bits per heavy atom. The number of aliphatic hydroxyl groups is 1. The first-order valence-electron chi connectivity index (χ1n) is 8.26. The minimum atomic E-state index is 0.150. The highest BCUT2D eigenvalue weighted by atomic mass is 16.5. The summed E-state index contributed by atoms with van der Waals surface area (Å²) < 4.78 is 6.05. The highest BCUT2D eigenvalue weighted by molar-refractivity contribution is 5.67. The first-order valence-corrected chi connectivity index (χ1v) is 8.26. The molecule has 1 saturated heterocycles. The molecule has 3 heterocycles. The number of nitrogens with zero attached hydrogens (tertiary/aromatic N) is 2. The van der Waals surface area contributed by atoms with Crippen LogP contribution in [0.3, 0.4) is 0 Å². The van der Waals surface area contributed by atoms with Gasteiger partial charge in [0.05, 0.1) is 11.8 Å². The monoisotopic (exact) mass is 311 g/mol. The lowest BCUT2D eigenvalue weighted by molar-refractivity contribution is 0.0814. The van der Waals surface area contributed by atoms with Gasteiger partial charge in [-0.2, -0.15) is 0 Å². The number of hydrogen-bond donors (Lipinski definition) is 2. The number of anilines is 1. The number of ether oxygens (including phenoxy) is 1. The van der Waals surface area contributed by atoms with E-state index in [0.29, 0.717) is 12.0 Å². The van der Waals surface area contributed by atoms with E-state index in [1.165, 1.54) is 5.56 Å². The third-order valence-electron chi connectivity index (χ3n) is 4.90. The summed E-state index contributed by atoms with van der Waals surface area (Å²) >= 11 is 0. The van der Waals surface area contributed by atoms with Crippen molar-refractivity contribution in [3.63, 3.8) is 0 Å². The summed E-state index contributed by atoms with van der Waals surface area (Å²) in [5, 5.41) is 12.8. The SMILES string of the molecule is OCCCC1Nc2ccc(-c3ccncn3)cc2C2OCCC12. The molecule has 3 atom stereocenters. The van der Waals surface area contributed by atoms with Crippen molar-refractivity contribution in [2.75, 3.05) is 18.5 Å². The fourth-order valence-electron chi connectivity index (χ4n) is 3.79. The second kappa shape index (κ2) is 6.26. The van der Waals surface area contributed by atoms with Crippen molar-refractivity contribution in [1.29, 1.82) is 0 Å². The maximum absolute atomic E-state index is 9.12. The molecule has 5 heteroatoms. The molecule has 0 spiro atoms. The summed E-state index contributed by atoms with van der Waals surface area (Å²) in [5.74, 6) is 0.481. The van der Waals surface area contributed by atoms with Crippen molar-refractivity contribution < 1.29 is 9.84 Å². The Morgan fingerprint density at radius 1 is 1.30 bits per heavy atom. The third kappa shape index (κ3) is 2.71. The van der Waals surface area contributed by atoms with Crippen LogP contribution in [0.15, 0.2) is 36.8 Å². The second-order valence-electron chi connectivity index (χ2n) is 6.26. The van der Waals surface area contributed by atoms with Crippen LogP contribution in [0.25, 0.3) is 11.3 Å². The van der Waals surface area contributed by atoms with Crippen LogP contribution in [0.4, 0.5) is 5.69 Å². The van der Waals surface area contributed by atoms with Gasteiger partial charge in [-0.25, -0.2) is 9.97 Å². The predicted molar refractivity (Wildman–Crippen MR) is 88.0 cm³/mol. The average molecular weight is 311 g/mol. The number of aliphatic hydroxyl groups excluding tert-OH is 1. The average Bonchev–Trinajstić information content (AvgIpc) is 3.10. The quantitative estimate of drug-likeness (QED) is 0.909. The number of fused-ring (bicyclic) bond motifs is 3. The normalized spacial score (nSPS) is 25.5. The van der Waals surface area contributed by atoms with Crippen LogP contribution in [0.5, 0.6) is 0 Å². The van der Waals surface area contributed by atoms with E-state index in [9.17, 15) is 0 Å². The lowest BCUT2D eigenvalue weighted by Gasteiger charge is -2.36. The van der Waals surface area contributed by atoms with E-state index in [1.54, 1.807) is 12.5 Å². The summed E-state index contributed by atoms with van der Waals surface area (Å²) in [4.78, 5) is 8.32. The third-order valence-corrected chi connectivity index (χ3v) is 4.90. The molecule has 2 aliphatic rings. The topological polar surface area (TPSA) is 67.3 Å². The molecule has 0 radical (unpaired) electrons. The molecule has 1 fully saturated rings. The fraction of sp³-hybridized carbons (Fsp3) is 0.444. The van der Waals surface area contributed by atoms with Crippen molar-refractivity contribution >= 4 is 5.69 Å². The molecule has 4 rings (SSSR count). The Bertz CT molecular complexity index is 677. The number of nitrogens with one attached hydrogen (secondary N) is 1. The second-order valence-corrected chi connectivity index (χ2v) is 6.26. The summed E-state index contributed by atoms with van der Waals surface area (Å²) in [7, 11) is 0. The summed E-state index contributed by atoms with van der Waals surface area (Å²) in [5.41, 5.74) is 4.40. The number of benzene rings is 1. The zero-order chi connectivity index (χ0) is 15.6. The largest absolute Gasteiger partial charge is 0.396 e. The lowest BCUT2D eigenvalue weighted by Crippen LogP contribution is -2.36. The number of aromatic nitrogens is 2. The smallest absolute Gasteiger partial charge is 0.116 e. The van der Waals surface area contributed by atoms with Crippen molar-refractivity contribution in [3.8, 4) is 11.3 Å². The summed E-state index contributed by atoms with van der Waals surface area (Å²) in [6.45, 7) is 1.06. The molecule has 2 N–H and O–H groups in total. The van der Waals surface area contributed by atoms with E-state index < -0.39 is 0 Å². The van der Waals surface area contributed by atoms with Crippen molar-refractivity contribution in [2.45, 2.75) is 31.4 Å². The number of hydrogen-bond acceptors (Lipinski definition) is 5. The minimum absolute atomic E-state index is 0.150. The Hall–Kier alpha value is -1.98. The van der Waals surface area contributed by atoms with Gasteiger partial charge in [-0.3, -0.25) is 0 Å². The molecule has 5 nitrogen and oxygen atoms in total. The molecule has 120 valence electrons. The van der Waals surface area contributed by atoms with Crippen molar-refractivity contribution in [1.82, 2.24) is 9.97 Å². The van der Waals surface area contributed by atoms with Crippen LogP contribution < -0.4 is 5.32 Å². The molecule has 23 heavy (non-hydrogen) atoms. The van der Waals surface area contributed by atoms with Crippen LogP contribution in [0, 0.1) is 5.92 Å². The molecule has 0 aliphatic carbocycles. The summed E-state index contributed by atoms with van der Waals surface area (Å²) in [6, 6.07) is 8.71. The van der Waals surface area contributed by atoms with Crippen molar-refractivity contribution in [3.05, 3.63) is 42.4 Å². The van der Waals surface area contributed by atoms with E-state index >= 15 is 0 Å². The van der Waals surface area contributed by atoms with E-state index in [2.05, 4.69) is 33.5 Å². The van der Waals surface area contributed by atoms with Crippen LogP contribution in [0.2, 0.25) is 0 Å². The van der Waals surface area contributed by atoms with Crippen LogP contribution >= 0.6 is 0 Å². The van der Waals surface area contributed by atoms with Gasteiger partial charge in [-0.05, 0) is 37.5 Å². The Morgan fingerprint density at radius 2 is 2.26 bits per heavy atom. The lowest BCUT2D eigenvalue weighted by atomic mass is 9.81. The van der Waals surface area contributed by atoms with Gasteiger partial charge >= 0.3 is 0 Å². The molecule has 1 aromatic carbocycles. The van der Waals surface area contributed by atoms with Gasteiger partial charge in [0.2, 0.25) is 0 Å². The Balaban J connectivity index is 1.68. The zero-order valence-corrected chi connectivity index (χ0v) is 13.0. The molecule has 3 unspecified atom stereocenters. The van der Waals surface area contributed by atoms with Gasteiger partial charge in [-0.15, -0.1) is 0 Å². The molecular weight excluding hydrogens is 290 g/mol. The highest BCUT2D eigenvalue weighted by Crippen LogP contribution is 2.46. The maximum Gasteiger partial charge on any atom is 0.116 e. The van der Waals surface area contributed by atoms with Gasteiger partial charge in [0, 0.05) is 48.2 Å². The van der Waals surface area contributed by atoms with Gasteiger partial charge in [-0.1, -0.05) is 6.07 Å². The van der Waals surface area contributed by atoms with Crippen LogP contribution in [-0.2, 0) is 4.74 Å². The number of rotatable bonds is 4. The van der Waals surface area contributed by atoms with E-state index in [4.69, 9.17) is 9.84 Å². The van der Waals surface area contributed by atoms with Gasteiger partial charge in [0.25, 0.3) is 0 Å². The standard InChI is InChI=1S/C18H21N3O2/c22-8-1-2-16-13-6-9-23-18(13)14-10-12(3-4-17(14)21-16)15-5-7-19-11-20-15/h3-5,7,10-11,13,16,18,21-22H,1-2,6,8-9H2. The van der Waals surface area contributed by atoms with Gasteiger partial charge < -0.3 is 15.2 Å². The maximum atomic E-state index is 9.12. The molecule has 0 saturated carbocycles. The van der Waals surface area contributed by atoms with E-state index in [0.717, 1.165) is 42.8 Å². The van der Waals surface area contributed by atoms with Crippen LogP contribution in [0.1, 0.15) is 30.9 Å². The zero-order valence-electron chi connectivity index (χ0n) is 13.0. The van der Waals surface area contributed by atoms with E-state index in [1.807, 2.05) is 6.07 Å². The highest BCUT2D eigenvalue weighted by Gasteiger charge is 2.40. The first-order chi connectivity index (χ1) is 11.4. The molecule has 1 aromatic heterocycles. The first kappa shape index (κ1) is 14.6.